The van der Waals surface area contributed by atoms with E-state index in [1.807, 2.05) is 0 Å². The Balaban J connectivity index is 2.07. The van der Waals surface area contributed by atoms with Crippen LogP contribution in [-0.2, 0) is 14.9 Å². The molecule has 0 unspecified atom stereocenters. The van der Waals surface area contributed by atoms with Gasteiger partial charge in [0, 0.05) is 0 Å². The van der Waals surface area contributed by atoms with E-state index in [1.54, 1.807) is 6.92 Å². The zero-order valence-corrected chi connectivity index (χ0v) is 11.0. The van der Waals surface area contributed by atoms with Crippen LogP contribution in [0.4, 0.5) is 4.39 Å². The molecule has 2 rings (SSSR count). The fraction of sp³-hybridized carbons (Fsp3) is 0.500. The van der Waals surface area contributed by atoms with Gasteiger partial charge in [-0.3, -0.25) is 4.84 Å². The summed E-state index contributed by atoms with van der Waals surface area (Å²) in [5.74, 6) is -0.543. The highest BCUT2D eigenvalue weighted by molar-refractivity contribution is 7.89. The lowest BCUT2D eigenvalue weighted by atomic mass is 10.2. The molecule has 1 aliphatic carbocycles. The Morgan fingerprint density at radius 3 is 2.61 bits per heavy atom. The van der Waals surface area contributed by atoms with Crippen LogP contribution >= 0.6 is 0 Å². The molecule has 1 fully saturated rings. The molecular formula is C12H16FNO3S. The Kier molecular flexibility index (Phi) is 3.99. The molecule has 0 heterocycles. The third-order valence-corrected chi connectivity index (χ3v) is 4.27. The van der Waals surface area contributed by atoms with Gasteiger partial charge in [0.15, 0.2) is 0 Å². The van der Waals surface area contributed by atoms with Gasteiger partial charge in [-0.2, -0.15) is 0 Å². The molecule has 0 aromatic heterocycles. The second-order valence-electron chi connectivity index (χ2n) is 4.52. The highest BCUT2D eigenvalue weighted by atomic mass is 32.2. The van der Waals surface area contributed by atoms with Crippen LogP contribution in [0.5, 0.6) is 0 Å². The van der Waals surface area contributed by atoms with Gasteiger partial charge in [0.2, 0.25) is 0 Å². The summed E-state index contributed by atoms with van der Waals surface area (Å²) in [6.07, 6.45) is 3.72. The summed E-state index contributed by atoms with van der Waals surface area (Å²) < 4.78 is 37.0. The van der Waals surface area contributed by atoms with Crippen LogP contribution in [0.2, 0.25) is 0 Å². The van der Waals surface area contributed by atoms with Crippen molar-refractivity contribution in [2.24, 2.45) is 0 Å². The first-order valence-corrected chi connectivity index (χ1v) is 7.41. The number of hydrogen-bond acceptors (Lipinski definition) is 3. The van der Waals surface area contributed by atoms with E-state index in [4.69, 9.17) is 4.84 Å². The molecule has 0 bridgehead atoms. The minimum atomic E-state index is -3.80. The van der Waals surface area contributed by atoms with Gasteiger partial charge in [0.25, 0.3) is 10.0 Å². The topological polar surface area (TPSA) is 55.4 Å². The largest absolute Gasteiger partial charge is 0.284 e. The van der Waals surface area contributed by atoms with E-state index in [0.717, 1.165) is 31.7 Å². The lowest BCUT2D eigenvalue weighted by Gasteiger charge is -2.12. The first-order valence-electron chi connectivity index (χ1n) is 5.92. The van der Waals surface area contributed by atoms with Gasteiger partial charge in [0.1, 0.15) is 5.82 Å². The van der Waals surface area contributed by atoms with E-state index in [9.17, 15) is 12.8 Å². The molecule has 1 aromatic rings. The van der Waals surface area contributed by atoms with Gasteiger partial charge in [-0.1, -0.05) is 23.8 Å². The molecule has 0 saturated heterocycles. The van der Waals surface area contributed by atoms with E-state index in [1.165, 1.54) is 12.1 Å². The Labute approximate surface area is 106 Å². The molecule has 0 spiro atoms. The van der Waals surface area contributed by atoms with Crippen molar-refractivity contribution in [3.8, 4) is 0 Å². The zero-order valence-electron chi connectivity index (χ0n) is 10.1. The van der Waals surface area contributed by atoms with E-state index < -0.39 is 15.8 Å². The number of hydrogen-bond donors (Lipinski definition) is 1. The maximum atomic E-state index is 13.3. The summed E-state index contributed by atoms with van der Waals surface area (Å²) in [6, 6.07) is 3.79. The SMILES string of the molecule is Cc1ccc(S(=O)(=O)NOC2CCCC2)cc1F. The molecule has 0 radical (unpaired) electrons. The smallest absolute Gasteiger partial charge is 0.262 e. The highest BCUT2D eigenvalue weighted by Gasteiger charge is 2.21. The van der Waals surface area contributed by atoms with Crippen molar-refractivity contribution in [2.75, 3.05) is 0 Å². The Bertz CT molecular complexity index is 524. The molecule has 4 nitrogen and oxygen atoms in total. The van der Waals surface area contributed by atoms with Gasteiger partial charge in [-0.05, 0) is 37.5 Å². The zero-order chi connectivity index (χ0) is 13.2. The quantitative estimate of drug-likeness (QED) is 0.856. The maximum absolute atomic E-state index is 13.3. The average molecular weight is 273 g/mol. The molecule has 6 heteroatoms. The van der Waals surface area contributed by atoms with Crippen molar-refractivity contribution in [3.63, 3.8) is 0 Å². The summed E-state index contributed by atoms with van der Waals surface area (Å²) in [4.78, 5) is 7.08. The summed E-state index contributed by atoms with van der Waals surface area (Å²) in [7, 11) is -3.80. The standard InChI is InChI=1S/C12H16FNO3S/c1-9-6-7-11(8-12(9)13)18(15,16)14-17-10-4-2-3-5-10/h6-8,10,14H,2-5H2,1H3. The van der Waals surface area contributed by atoms with Crippen molar-refractivity contribution in [3.05, 3.63) is 29.6 Å². The predicted octanol–water partition coefficient (Wildman–Crippen LogP) is 2.29. The monoisotopic (exact) mass is 273 g/mol. The fourth-order valence-electron chi connectivity index (χ4n) is 1.93. The predicted molar refractivity (Wildman–Crippen MR) is 64.8 cm³/mol. The van der Waals surface area contributed by atoms with Crippen LogP contribution in [0.25, 0.3) is 0 Å². The number of rotatable bonds is 4. The van der Waals surface area contributed by atoms with Crippen molar-refractivity contribution in [1.82, 2.24) is 4.89 Å². The second kappa shape index (κ2) is 5.34. The van der Waals surface area contributed by atoms with Crippen LogP contribution in [0, 0.1) is 12.7 Å². The molecular weight excluding hydrogens is 257 g/mol. The van der Waals surface area contributed by atoms with E-state index in [2.05, 4.69) is 4.89 Å². The fourth-order valence-corrected chi connectivity index (χ4v) is 2.79. The third-order valence-electron chi connectivity index (χ3n) is 3.08. The minimum Gasteiger partial charge on any atom is -0.284 e. The van der Waals surface area contributed by atoms with Crippen molar-refractivity contribution in [2.45, 2.75) is 43.6 Å². The molecule has 1 aliphatic rings. The molecule has 1 saturated carbocycles. The average Bonchev–Trinajstić information content (AvgIpc) is 2.83. The summed E-state index contributed by atoms with van der Waals surface area (Å²) in [6.45, 7) is 1.58. The van der Waals surface area contributed by atoms with Gasteiger partial charge in [-0.25, -0.2) is 12.8 Å². The normalized spacial score (nSPS) is 17.2. The van der Waals surface area contributed by atoms with Crippen molar-refractivity contribution < 1.29 is 17.6 Å². The summed E-state index contributed by atoms with van der Waals surface area (Å²) in [5.41, 5.74) is 0.408. The van der Waals surface area contributed by atoms with E-state index in [-0.39, 0.29) is 11.0 Å². The molecule has 0 atom stereocenters. The molecule has 18 heavy (non-hydrogen) atoms. The first kappa shape index (κ1) is 13.5. The highest BCUT2D eigenvalue weighted by Crippen LogP contribution is 2.21. The molecule has 0 aliphatic heterocycles. The Morgan fingerprint density at radius 2 is 2.00 bits per heavy atom. The van der Waals surface area contributed by atoms with Crippen LogP contribution in [0.3, 0.4) is 0 Å². The second-order valence-corrected chi connectivity index (χ2v) is 6.17. The Hall–Kier alpha value is -0.980. The van der Waals surface area contributed by atoms with Gasteiger partial charge in [0.05, 0.1) is 11.0 Å². The van der Waals surface area contributed by atoms with Gasteiger partial charge >= 0.3 is 0 Å². The lowest BCUT2D eigenvalue weighted by Crippen LogP contribution is -2.28. The van der Waals surface area contributed by atoms with Crippen molar-refractivity contribution in [1.29, 1.82) is 0 Å². The van der Waals surface area contributed by atoms with Gasteiger partial charge < -0.3 is 0 Å². The van der Waals surface area contributed by atoms with Gasteiger partial charge in [-0.15, -0.1) is 0 Å². The third kappa shape index (κ3) is 3.07. The molecule has 100 valence electrons. The van der Waals surface area contributed by atoms with E-state index >= 15 is 0 Å². The Morgan fingerprint density at radius 1 is 1.33 bits per heavy atom. The lowest BCUT2D eigenvalue weighted by molar-refractivity contribution is 0.0223. The number of nitrogens with one attached hydrogen (secondary N) is 1. The maximum Gasteiger partial charge on any atom is 0.262 e. The van der Waals surface area contributed by atoms with Crippen molar-refractivity contribution >= 4 is 10.0 Å². The molecule has 1 N–H and O–H groups in total. The molecule has 0 amide bonds. The van der Waals surface area contributed by atoms with Crippen LogP contribution in [0.1, 0.15) is 31.2 Å². The minimum absolute atomic E-state index is 0.0740. The number of benzene rings is 1. The summed E-state index contributed by atoms with van der Waals surface area (Å²) >= 11 is 0. The van der Waals surface area contributed by atoms with Crippen LogP contribution < -0.4 is 4.89 Å². The van der Waals surface area contributed by atoms with E-state index in [0.29, 0.717) is 5.56 Å². The number of halogens is 1. The van der Waals surface area contributed by atoms with Crippen LogP contribution in [-0.4, -0.2) is 14.5 Å². The summed E-state index contributed by atoms with van der Waals surface area (Å²) in [5, 5.41) is 0. The first-order chi connectivity index (χ1) is 8.49. The molecule has 1 aromatic carbocycles. The number of aryl methyl sites for hydroxylation is 1. The van der Waals surface area contributed by atoms with Crippen LogP contribution in [0.15, 0.2) is 23.1 Å². The number of sulfonamides is 1.